The molecule has 0 aromatic carbocycles. The van der Waals surface area contributed by atoms with Crippen LogP contribution in [0.2, 0.25) is 0 Å². The zero-order valence-corrected chi connectivity index (χ0v) is 18.3. The summed E-state index contributed by atoms with van der Waals surface area (Å²) in [4.78, 5) is 17.0. The van der Waals surface area contributed by atoms with Gasteiger partial charge in [0.25, 0.3) is 0 Å². The molecule has 4 nitrogen and oxygen atoms in total. The van der Waals surface area contributed by atoms with Crippen LogP contribution in [0, 0.1) is 0 Å². The smallest absolute Gasteiger partial charge is 0.149 e. The van der Waals surface area contributed by atoms with Gasteiger partial charge in [0, 0.05) is 58.7 Å². The molecule has 2 fully saturated rings. The summed E-state index contributed by atoms with van der Waals surface area (Å²) < 4.78 is 0. The molecule has 2 aliphatic heterocycles. The number of aliphatic imine (C=N–C) groups is 2. The van der Waals surface area contributed by atoms with Crippen LogP contribution in [-0.4, -0.2) is 70.9 Å². The average molecular weight is 419 g/mol. The van der Waals surface area contributed by atoms with E-state index in [-0.39, 0.29) is 0 Å². The molecule has 0 aromatic rings. The Hall–Kier alpha value is -0.730. The molecule has 2 heterocycles. The molecule has 0 aromatic heterocycles. The summed E-state index contributed by atoms with van der Waals surface area (Å²) in [6.07, 6.45) is 15.2. The van der Waals surface area contributed by atoms with E-state index in [1.165, 1.54) is 32.7 Å². The monoisotopic (exact) mass is 418 g/mol. The first kappa shape index (κ1) is 19.6. The van der Waals surface area contributed by atoms with Gasteiger partial charge in [-0.2, -0.15) is 0 Å². The van der Waals surface area contributed by atoms with E-state index in [9.17, 15) is 0 Å². The predicted molar refractivity (Wildman–Crippen MR) is 124 cm³/mol. The van der Waals surface area contributed by atoms with Gasteiger partial charge in [0.2, 0.25) is 0 Å². The van der Waals surface area contributed by atoms with Crippen LogP contribution in [0.5, 0.6) is 0 Å². The Morgan fingerprint density at radius 1 is 0.815 bits per heavy atom. The summed E-state index contributed by atoms with van der Waals surface area (Å²) >= 11 is 5.70. The Morgan fingerprint density at radius 3 is 1.63 bits per heavy atom. The lowest BCUT2D eigenvalue weighted by atomic mass is 10.1. The highest BCUT2D eigenvalue weighted by Crippen LogP contribution is 2.32. The van der Waals surface area contributed by atoms with Gasteiger partial charge in [0.15, 0.2) is 0 Å². The lowest BCUT2D eigenvalue weighted by molar-refractivity contribution is 0.360. The summed E-state index contributed by atoms with van der Waals surface area (Å²) in [6, 6.07) is 0. The molecule has 0 N–H and O–H groups in total. The zero-order chi connectivity index (χ0) is 18.6. The molecule has 2 atom stereocenters. The van der Waals surface area contributed by atoms with Crippen LogP contribution < -0.4 is 0 Å². The molecule has 2 aliphatic carbocycles. The van der Waals surface area contributed by atoms with E-state index in [0.29, 0.717) is 11.0 Å². The highest BCUT2D eigenvalue weighted by molar-refractivity contribution is 8.07. The van der Waals surface area contributed by atoms with Crippen LogP contribution in [0.25, 0.3) is 0 Å². The quantitative estimate of drug-likeness (QED) is 0.682. The second-order valence-corrected chi connectivity index (χ2v) is 10.5. The predicted octanol–water partition coefficient (Wildman–Crippen LogP) is 4.21. The Balaban J connectivity index is 1.29. The van der Waals surface area contributed by atoms with Gasteiger partial charge in [-0.25, -0.2) is 0 Å². The zero-order valence-electron chi connectivity index (χ0n) is 15.9. The van der Waals surface area contributed by atoms with Gasteiger partial charge in [-0.05, 0) is 38.4 Å². The van der Waals surface area contributed by atoms with Gasteiger partial charge in [-0.3, -0.25) is 19.8 Å². The van der Waals surface area contributed by atoms with E-state index in [1.807, 2.05) is 35.3 Å². The van der Waals surface area contributed by atoms with Gasteiger partial charge in [-0.1, -0.05) is 23.9 Å². The van der Waals surface area contributed by atoms with Crippen molar-refractivity contribution in [2.45, 2.75) is 23.8 Å². The molecule has 0 bridgehead atoms. The van der Waals surface area contributed by atoms with Gasteiger partial charge in [0.05, 0.1) is 0 Å². The molecule has 4 aliphatic rings. The van der Waals surface area contributed by atoms with Crippen LogP contribution in [-0.2, 0) is 0 Å². The van der Waals surface area contributed by atoms with Crippen LogP contribution in [0.1, 0.15) is 12.8 Å². The average Bonchev–Trinajstić information content (AvgIpc) is 3.27. The van der Waals surface area contributed by atoms with Crippen molar-refractivity contribution in [2.75, 3.05) is 38.7 Å². The molecule has 4 rings (SSSR count). The number of thioether (sulfide) groups is 3. The minimum Gasteiger partial charge on any atom is -0.276 e. The first-order chi connectivity index (χ1) is 13.2. The van der Waals surface area contributed by atoms with Gasteiger partial charge >= 0.3 is 0 Å². The summed E-state index contributed by atoms with van der Waals surface area (Å²) in [7, 11) is 4.31. The molecule has 144 valence electrons. The largest absolute Gasteiger partial charge is 0.276 e. The molecule has 0 saturated carbocycles. The van der Waals surface area contributed by atoms with E-state index in [1.54, 1.807) is 0 Å². The molecular weight excluding hydrogens is 392 g/mol. The number of rotatable bonds is 4. The molecule has 27 heavy (non-hydrogen) atoms. The summed E-state index contributed by atoms with van der Waals surface area (Å²) in [5.74, 6) is 2.36. The second kappa shape index (κ2) is 9.18. The van der Waals surface area contributed by atoms with Crippen molar-refractivity contribution in [1.29, 1.82) is 0 Å². The van der Waals surface area contributed by atoms with E-state index in [2.05, 4.69) is 60.4 Å². The number of hydrogen-bond donors (Lipinski definition) is 0. The molecule has 0 spiro atoms. The highest BCUT2D eigenvalue weighted by atomic mass is 32.2. The first-order valence-electron chi connectivity index (χ1n) is 9.39. The first-order valence-corrected chi connectivity index (χ1v) is 12.3. The minimum absolute atomic E-state index is 0.297. The topological polar surface area (TPSA) is 31.2 Å². The SMILES string of the molecule is CN1CCSC1N=C1C=CC(SC2=CCC(=NC3SCCN3C)C=C2)=CC1. The van der Waals surface area contributed by atoms with Crippen molar-refractivity contribution < 1.29 is 0 Å². The fourth-order valence-corrected chi connectivity index (χ4v) is 6.38. The minimum atomic E-state index is 0.297. The van der Waals surface area contributed by atoms with E-state index in [4.69, 9.17) is 9.98 Å². The molecule has 2 unspecified atom stereocenters. The molecule has 0 amide bonds. The normalized spacial score (nSPS) is 32.5. The Morgan fingerprint density at radius 2 is 1.30 bits per heavy atom. The fourth-order valence-electron chi connectivity index (χ4n) is 3.15. The third-order valence-electron chi connectivity index (χ3n) is 4.87. The van der Waals surface area contributed by atoms with Crippen molar-refractivity contribution in [3.63, 3.8) is 0 Å². The van der Waals surface area contributed by atoms with Crippen molar-refractivity contribution in [3.05, 3.63) is 46.3 Å². The standard InChI is InChI=1S/C20H26N4S3/c1-23-11-13-25-19(23)21-15-3-7-17(8-4-15)27-18-9-5-16(6-10-18)22-20-24(2)12-14-26-20/h3,5,7-10,19-20H,4,6,11-14H2,1-2H3. The number of nitrogens with zero attached hydrogens (tertiary/aromatic N) is 4. The van der Waals surface area contributed by atoms with Gasteiger partial charge < -0.3 is 0 Å². The molecule has 7 heteroatoms. The third-order valence-corrected chi connectivity index (χ3v) is 8.31. The van der Waals surface area contributed by atoms with E-state index in [0.717, 1.165) is 25.9 Å². The molecular formula is C20H26N4S3. The maximum Gasteiger partial charge on any atom is 0.149 e. The lowest BCUT2D eigenvalue weighted by Crippen LogP contribution is -2.22. The van der Waals surface area contributed by atoms with E-state index >= 15 is 0 Å². The Labute approximate surface area is 175 Å². The van der Waals surface area contributed by atoms with Crippen LogP contribution in [0.3, 0.4) is 0 Å². The Kier molecular flexibility index (Phi) is 6.66. The summed E-state index contributed by atoms with van der Waals surface area (Å²) in [6.45, 7) is 2.27. The Bertz CT molecular complexity index is 688. The fraction of sp³-hybridized carbons (Fsp3) is 0.500. The van der Waals surface area contributed by atoms with E-state index < -0.39 is 0 Å². The number of allylic oxidation sites excluding steroid dienone is 6. The lowest BCUT2D eigenvalue weighted by Gasteiger charge is -2.17. The van der Waals surface area contributed by atoms with Crippen molar-refractivity contribution >= 4 is 46.7 Å². The van der Waals surface area contributed by atoms with Crippen molar-refractivity contribution in [2.24, 2.45) is 9.98 Å². The molecule has 2 saturated heterocycles. The van der Waals surface area contributed by atoms with Gasteiger partial charge in [-0.15, -0.1) is 23.5 Å². The number of hydrogen-bond acceptors (Lipinski definition) is 7. The van der Waals surface area contributed by atoms with Crippen molar-refractivity contribution in [3.8, 4) is 0 Å². The van der Waals surface area contributed by atoms with Crippen molar-refractivity contribution in [1.82, 2.24) is 9.80 Å². The van der Waals surface area contributed by atoms with Crippen LogP contribution in [0.15, 0.2) is 56.3 Å². The highest BCUT2D eigenvalue weighted by Gasteiger charge is 2.22. The third kappa shape index (κ3) is 5.21. The maximum absolute atomic E-state index is 4.88. The van der Waals surface area contributed by atoms with Crippen LogP contribution >= 0.6 is 35.3 Å². The van der Waals surface area contributed by atoms with Gasteiger partial charge in [0.1, 0.15) is 11.0 Å². The van der Waals surface area contributed by atoms with Crippen LogP contribution in [0.4, 0.5) is 0 Å². The summed E-state index contributed by atoms with van der Waals surface area (Å²) in [5.41, 5.74) is 2.97. The second-order valence-electron chi connectivity index (χ2n) is 6.99. The summed E-state index contributed by atoms with van der Waals surface area (Å²) in [5, 5.41) is 0. The maximum atomic E-state index is 4.88. The molecule has 0 radical (unpaired) electrons.